The van der Waals surface area contributed by atoms with Crippen molar-refractivity contribution in [2.75, 3.05) is 49.8 Å². The van der Waals surface area contributed by atoms with E-state index < -0.39 is 0 Å². The minimum Gasteiger partial charge on any atom is -0.373 e. The van der Waals surface area contributed by atoms with Crippen molar-refractivity contribution < 1.29 is 4.79 Å². The van der Waals surface area contributed by atoms with Crippen LogP contribution in [0, 0.1) is 13.8 Å². The van der Waals surface area contributed by atoms with Crippen LogP contribution in [0.1, 0.15) is 28.3 Å². The van der Waals surface area contributed by atoms with Gasteiger partial charge in [0.25, 0.3) is 5.91 Å². The van der Waals surface area contributed by atoms with E-state index in [1.165, 1.54) is 11.2 Å². The van der Waals surface area contributed by atoms with E-state index in [9.17, 15) is 4.79 Å². The Bertz CT molecular complexity index is 838. The summed E-state index contributed by atoms with van der Waals surface area (Å²) in [7, 11) is 5.24. The number of hydrogen-bond acceptors (Lipinski definition) is 8. The maximum atomic E-state index is 12.3. The van der Waals surface area contributed by atoms with Gasteiger partial charge in [-0.15, -0.1) is 0 Å². The van der Waals surface area contributed by atoms with Crippen molar-refractivity contribution in [1.29, 1.82) is 0 Å². The molecule has 3 rings (SSSR count). The second-order valence-electron chi connectivity index (χ2n) is 6.90. The second kappa shape index (κ2) is 7.73. The molecule has 2 aromatic rings. The van der Waals surface area contributed by atoms with Crippen molar-refractivity contribution in [1.82, 2.24) is 24.8 Å². The topological polar surface area (TPSA) is 99.2 Å². The summed E-state index contributed by atoms with van der Waals surface area (Å²) in [6.07, 6.45) is 2.50. The van der Waals surface area contributed by atoms with Gasteiger partial charge in [-0.2, -0.15) is 0 Å². The van der Waals surface area contributed by atoms with Gasteiger partial charge in [-0.3, -0.25) is 4.79 Å². The lowest BCUT2D eigenvalue weighted by atomic mass is 10.2. The first kappa shape index (κ1) is 18.8. The Hall–Kier alpha value is -2.97. The maximum Gasteiger partial charge on any atom is 0.291 e. The van der Waals surface area contributed by atoms with Gasteiger partial charge in [0, 0.05) is 57.6 Å². The van der Waals surface area contributed by atoms with E-state index >= 15 is 0 Å². The molecule has 27 heavy (non-hydrogen) atoms. The Balaban J connectivity index is 1.77. The van der Waals surface area contributed by atoms with Gasteiger partial charge in [-0.05, 0) is 20.3 Å². The smallest absolute Gasteiger partial charge is 0.291 e. The zero-order chi connectivity index (χ0) is 19.6. The van der Waals surface area contributed by atoms with Gasteiger partial charge in [0.2, 0.25) is 5.82 Å². The molecule has 0 bridgehead atoms. The van der Waals surface area contributed by atoms with Gasteiger partial charge in [-0.1, -0.05) is 0 Å². The number of carbonyl (C=O) groups excluding carboxylic acids is 1. The Morgan fingerprint density at radius 1 is 1.22 bits per heavy atom. The van der Waals surface area contributed by atoms with Gasteiger partial charge in [-0.25, -0.2) is 19.9 Å². The summed E-state index contributed by atoms with van der Waals surface area (Å²) in [5.74, 6) is 2.45. The van der Waals surface area contributed by atoms with E-state index in [4.69, 9.17) is 0 Å². The Morgan fingerprint density at radius 3 is 2.67 bits per heavy atom. The highest BCUT2D eigenvalue weighted by molar-refractivity contribution is 5.90. The fourth-order valence-electron chi connectivity index (χ4n) is 3.07. The van der Waals surface area contributed by atoms with Crippen LogP contribution in [0.5, 0.6) is 0 Å². The van der Waals surface area contributed by atoms with Gasteiger partial charge in [0.05, 0.1) is 0 Å². The molecule has 0 radical (unpaired) electrons. The molecule has 9 heteroatoms. The number of aryl methyl sites for hydroxylation is 1. The van der Waals surface area contributed by atoms with Gasteiger partial charge >= 0.3 is 0 Å². The SMILES string of the molecule is CNc1cc(N[C@@H]2CCN(c3nc(C(=O)N(C)C)nc(C)c3C)C2)ncn1. The van der Waals surface area contributed by atoms with E-state index in [-0.39, 0.29) is 17.8 Å². The minimum absolute atomic E-state index is 0.186. The van der Waals surface area contributed by atoms with E-state index in [0.717, 1.165) is 48.2 Å². The predicted molar refractivity (Wildman–Crippen MR) is 105 cm³/mol. The van der Waals surface area contributed by atoms with E-state index in [1.807, 2.05) is 27.0 Å². The Morgan fingerprint density at radius 2 is 1.96 bits per heavy atom. The lowest BCUT2D eigenvalue weighted by Gasteiger charge is -2.22. The van der Waals surface area contributed by atoms with Crippen molar-refractivity contribution in [3.8, 4) is 0 Å². The monoisotopic (exact) mass is 370 g/mol. The average Bonchev–Trinajstić information content (AvgIpc) is 3.11. The lowest BCUT2D eigenvalue weighted by Crippen LogP contribution is -2.30. The normalized spacial score (nSPS) is 16.3. The van der Waals surface area contributed by atoms with Crippen LogP contribution in [-0.4, -0.2) is 71.0 Å². The molecule has 1 atom stereocenters. The number of carbonyl (C=O) groups is 1. The number of amides is 1. The molecule has 0 unspecified atom stereocenters. The summed E-state index contributed by atoms with van der Waals surface area (Å²) in [6, 6.07) is 2.13. The molecule has 2 aromatic heterocycles. The summed E-state index contributed by atoms with van der Waals surface area (Å²) in [5, 5.41) is 6.47. The first-order valence-electron chi connectivity index (χ1n) is 8.97. The molecule has 2 N–H and O–H groups in total. The standard InChI is InChI=1S/C18H26N8O/c1-11-12(2)22-16(18(27)25(4)5)24-17(11)26-7-6-13(9-26)23-15-8-14(19-3)20-10-21-15/h8,10,13H,6-7,9H2,1-5H3,(H2,19,20,21,23)/t13-/m1/s1. The molecule has 0 saturated carbocycles. The van der Waals surface area contributed by atoms with Crippen molar-refractivity contribution in [2.24, 2.45) is 0 Å². The average molecular weight is 370 g/mol. The molecular weight excluding hydrogens is 344 g/mol. The number of aromatic nitrogens is 4. The molecule has 0 aliphatic carbocycles. The summed E-state index contributed by atoms with van der Waals surface area (Å²) in [5.41, 5.74) is 1.83. The van der Waals surface area contributed by atoms with Crippen LogP contribution in [0.3, 0.4) is 0 Å². The van der Waals surface area contributed by atoms with E-state index in [0.29, 0.717) is 0 Å². The van der Waals surface area contributed by atoms with Gasteiger partial charge in [0.15, 0.2) is 0 Å². The highest BCUT2D eigenvalue weighted by atomic mass is 16.2. The molecule has 9 nitrogen and oxygen atoms in total. The van der Waals surface area contributed by atoms with Crippen LogP contribution in [0.2, 0.25) is 0 Å². The third kappa shape index (κ3) is 4.07. The molecular formula is C18H26N8O. The van der Waals surface area contributed by atoms with Crippen LogP contribution in [0.15, 0.2) is 12.4 Å². The van der Waals surface area contributed by atoms with Gasteiger partial charge in [0.1, 0.15) is 23.8 Å². The second-order valence-corrected chi connectivity index (χ2v) is 6.90. The highest BCUT2D eigenvalue weighted by Crippen LogP contribution is 2.25. The largest absolute Gasteiger partial charge is 0.373 e. The number of nitrogens with one attached hydrogen (secondary N) is 2. The molecule has 0 aromatic carbocycles. The summed E-state index contributed by atoms with van der Waals surface area (Å²) in [6.45, 7) is 5.55. The molecule has 3 heterocycles. The molecule has 144 valence electrons. The van der Waals surface area contributed by atoms with Crippen LogP contribution in [0.25, 0.3) is 0 Å². The summed E-state index contributed by atoms with van der Waals surface area (Å²) in [4.78, 5) is 33.3. The maximum absolute atomic E-state index is 12.3. The van der Waals surface area contributed by atoms with Crippen LogP contribution >= 0.6 is 0 Å². The third-order valence-corrected chi connectivity index (χ3v) is 4.72. The number of hydrogen-bond donors (Lipinski definition) is 2. The zero-order valence-electron chi connectivity index (χ0n) is 16.4. The quantitative estimate of drug-likeness (QED) is 0.813. The lowest BCUT2D eigenvalue weighted by molar-refractivity contribution is 0.0815. The minimum atomic E-state index is -0.186. The fourth-order valence-corrected chi connectivity index (χ4v) is 3.07. The van der Waals surface area contributed by atoms with Crippen molar-refractivity contribution >= 4 is 23.4 Å². The number of rotatable bonds is 5. The molecule has 1 aliphatic heterocycles. The van der Waals surface area contributed by atoms with Crippen molar-refractivity contribution in [2.45, 2.75) is 26.3 Å². The van der Waals surface area contributed by atoms with Crippen LogP contribution in [0.4, 0.5) is 17.5 Å². The molecule has 1 fully saturated rings. The Labute approximate surface area is 159 Å². The molecule has 1 aliphatic rings. The third-order valence-electron chi connectivity index (χ3n) is 4.72. The molecule has 1 saturated heterocycles. The predicted octanol–water partition coefficient (Wildman–Crippen LogP) is 1.32. The molecule has 1 amide bonds. The fraction of sp³-hybridized carbons (Fsp3) is 0.500. The van der Waals surface area contributed by atoms with Crippen LogP contribution in [-0.2, 0) is 0 Å². The summed E-state index contributed by atoms with van der Waals surface area (Å²) < 4.78 is 0. The zero-order valence-corrected chi connectivity index (χ0v) is 16.4. The first-order valence-corrected chi connectivity index (χ1v) is 8.97. The number of anilines is 3. The van der Waals surface area contributed by atoms with Gasteiger partial charge < -0.3 is 20.4 Å². The van der Waals surface area contributed by atoms with E-state index in [2.05, 4.69) is 35.5 Å². The highest BCUT2D eigenvalue weighted by Gasteiger charge is 2.27. The molecule has 0 spiro atoms. The number of nitrogens with zero attached hydrogens (tertiary/aromatic N) is 6. The van der Waals surface area contributed by atoms with E-state index in [1.54, 1.807) is 14.1 Å². The summed E-state index contributed by atoms with van der Waals surface area (Å²) >= 11 is 0. The van der Waals surface area contributed by atoms with Crippen molar-refractivity contribution in [3.63, 3.8) is 0 Å². The Kier molecular flexibility index (Phi) is 5.38. The van der Waals surface area contributed by atoms with Crippen LogP contribution < -0.4 is 15.5 Å². The van der Waals surface area contributed by atoms with Crippen molar-refractivity contribution in [3.05, 3.63) is 29.5 Å². The first-order chi connectivity index (χ1) is 12.9.